The lowest BCUT2D eigenvalue weighted by Crippen LogP contribution is -2.66. The van der Waals surface area contributed by atoms with Gasteiger partial charge in [0.05, 0.1) is 5.69 Å². The van der Waals surface area contributed by atoms with Crippen LogP contribution in [0.1, 0.15) is 12.0 Å². The van der Waals surface area contributed by atoms with Crippen LogP contribution in [0, 0.1) is 5.92 Å². The number of benzene rings is 2. The lowest BCUT2D eigenvalue weighted by molar-refractivity contribution is -0.137. The van der Waals surface area contributed by atoms with Crippen molar-refractivity contribution in [3.63, 3.8) is 0 Å². The third-order valence-electron chi connectivity index (χ3n) is 7.85. The molecule has 3 aliphatic rings. The van der Waals surface area contributed by atoms with Gasteiger partial charge in [0.25, 0.3) is 0 Å². The number of amides is 3. The maximum Gasteiger partial charge on any atom is 0.328 e. The smallest absolute Gasteiger partial charge is 0.328 e. The third-order valence-corrected chi connectivity index (χ3v) is 7.85. The van der Waals surface area contributed by atoms with Crippen molar-refractivity contribution < 1.29 is 9.59 Å². The van der Waals surface area contributed by atoms with Gasteiger partial charge in [0.2, 0.25) is 5.91 Å². The highest BCUT2D eigenvalue weighted by Crippen LogP contribution is 2.35. The molecule has 3 fully saturated rings. The Hall–Kier alpha value is -3.79. The first kappa shape index (κ1) is 24.5. The Morgan fingerprint density at radius 1 is 0.974 bits per heavy atom. The summed E-state index contributed by atoms with van der Waals surface area (Å²) in [4.78, 5) is 36.9. The number of hydrazine groups is 1. The highest BCUT2D eigenvalue weighted by Gasteiger charge is 2.56. The number of imide groups is 1. The van der Waals surface area contributed by atoms with E-state index in [2.05, 4.69) is 56.9 Å². The Morgan fingerprint density at radius 2 is 1.74 bits per heavy atom. The molecule has 9 heteroatoms. The van der Waals surface area contributed by atoms with Crippen molar-refractivity contribution in [3.8, 4) is 11.3 Å². The number of aromatic nitrogens is 1. The zero-order valence-corrected chi connectivity index (χ0v) is 21.7. The number of fused-ring (bicyclic) bond motifs is 1. The molecule has 0 aliphatic carbocycles. The molecule has 0 spiro atoms. The first-order valence-corrected chi connectivity index (χ1v) is 13.1. The van der Waals surface area contributed by atoms with Crippen LogP contribution in [0.15, 0.2) is 79.0 Å². The Kier molecular flexibility index (Phi) is 6.57. The summed E-state index contributed by atoms with van der Waals surface area (Å²) in [6.07, 6.45) is 1.92. The molecule has 3 aromatic rings. The number of anilines is 1. The minimum atomic E-state index is -0.461. The molecule has 2 aromatic carbocycles. The van der Waals surface area contributed by atoms with Gasteiger partial charge in [-0.1, -0.05) is 48.5 Å². The van der Waals surface area contributed by atoms with E-state index >= 15 is 0 Å². The molecule has 0 saturated carbocycles. The zero-order chi connectivity index (χ0) is 26.2. The van der Waals surface area contributed by atoms with E-state index in [1.54, 1.807) is 13.2 Å². The molecule has 2 N–H and O–H groups in total. The summed E-state index contributed by atoms with van der Waals surface area (Å²) in [5, 5.41) is 5.67. The SMILES string of the molecule is CN1CCC(N2C(=O)N(C)C(=O)C3C(Nc4ccccc4)N(Cc4ccc(-c5ccccn5)cc4)NC32)C1. The van der Waals surface area contributed by atoms with Crippen LogP contribution < -0.4 is 10.7 Å². The van der Waals surface area contributed by atoms with Gasteiger partial charge < -0.3 is 15.1 Å². The molecule has 6 rings (SSSR count). The average Bonchev–Trinajstić information content (AvgIpc) is 3.52. The number of nitrogens with zero attached hydrogens (tertiary/aromatic N) is 5. The van der Waals surface area contributed by atoms with E-state index in [4.69, 9.17) is 0 Å². The Morgan fingerprint density at radius 3 is 2.42 bits per heavy atom. The fourth-order valence-corrected chi connectivity index (χ4v) is 5.86. The van der Waals surface area contributed by atoms with E-state index < -0.39 is 12.1 Å². The molecule has 4 unspecified atom stereocenters. The lowest BCUT2D eigenvalue weighted by atomic mass is 9.96. The van der Waals surface area contributed by atoms with Crippen molar-refractivity contribution in [1.82, 2.24) is 30.1 Å². The quantitative estimate of drug-likeness (QED) is 0.526. The molecule has 4 heterocycles. The fourth-order valence-electron chi connectivity index (χ4n) is 5.86. The number of urea groups is 1. The summed E-state index contributed by atoms with van der Waals surface area (Å²) >= 11 is 0. The molecular weight excluding hydrogens is 478 g/mol. The summed E-state index contributed by atoms with van der Waals surface area (Å²) in [5.41, 5.74) is 7.58. The van der Waals surface area contributed by atoms with Crippen LogP contribution in [0.2, 0.25) is 0 Å². The Bertz CT molecular complexity index is 1290. The van der Waals surface area contributed by atoms with Crippen molar-refractivity contribution in [1.29, 1.82) is 0 Å². The topological polar surface area (TPSA) is 84.1 Å². The van der Waals surface area contributed by atoms with Crippen LogP contribution in [0.4, 0.5) is 10.5 Å². The van der Waals surface area contributed by atoms with Gasteiger partial charge in [0.15, 0.2) is 0 Å². The monoisotopic (exact) mass is 511 g/mol. The van der Waals surface area contributed by atoms with Crippen molar-refractivity contribution >= 4 is 17.6 Å². The molecule has 196 valence electrons. The van der Waals surface area contributed by atoms with Crippen LogP contribution in [-0.2, 0) is 11.3 Å². The summed E-state index contributed by atoms with van der Waals surface area (Å²) in [7, 11) is 3.68. The molecule has 38 heavy (non-hydrogen) atoms. The highest BCUT2D eigenvalue weighted by molar-refractivity contribution is 5.99. The first-order chi connectivity index (χ1) is 18.5. The molecule has 0 radical (unpaired) electrons. The number of nitrogens with one attached hydrogen (secondary N) is 2. The van der Waals surface area contributed by atoms with E-state index in [1.807, 2.05) is 53.4 Å². The molecule has 1 aromatic heterocycles. The van der Waals surface area contributed by atoms with Crippen LogP contribution in [0.25, 0.3) is 11.3 Å². The number of para-hydroxylation sites is 1. The first-order valence-electron chi connectivity index (χ1n) is 13.1. The van der Waals surface area contributed by atoms with Crippen molar-refractivity contribution in [2.75, 3.05) is 32.5 Å². The predicted molar refractivity (Wildman–Crippen MR) is 145 cm³/mol. The van der Waals surface area contributed by atoms with E-state index in [-0.39, 0.29) is 24.1 Å². The van der Waals surface area contributed by atoms with Crippen LogP contribution in [0.5, 0.6) is 0 Å². The van der Waals surface area contributed by atoms with Gasteiger partial charge >= 0.3 is 6.03 Å². The number of hydrogen-bond acceptors (Lipinski definition) is 7. The Balaban J connectivity index is 1.31. The number of rotatable bonds is 6. The van der Waals surface area contributed by atoms with Crippen molar-refractivity contribution in [2.45, 2.75) is 31.3 Å². The van der Waals surface area contributed by atoms with Crippen molar-refractivity contribution in [2.24, 2.45) is 5.92 Å². The van der Waals surface area contributed by atoms with Crippen LogP contribution in [-0.4, -0.2) is 82.2 Å². The van der Waals surface area contributed by atoms with Crippen LogP contribution in [0.3, 0.4) is 0 Å². The summed E-state index contributed by atoms with van der Waals surface area (Å²) in [5.74, 6) is -0.631. The summed E-state index contributed by atoms with van der Waals surface area (Å²) < 4.78 is 0. The standard InChI is InChI=1S/C29H33N7O2/c1-33-17-15-23(19-33)36-27-25(28(37)34(2)29(36)38)26(31-22-8-4-3-5-9-22)35(32-27)18-20-11-13-21(14-12-20)24-10-6-7-16-30-24/h3-14,16,23,25-27,31-32H,15,17-19H2,1-2H3. The van der Waals surface area contributed by atoms with Gasteiger partial charge in [-0.2, -0.15) is 0 Å². The van der Waals surface area contributed by atoms with Gasteiger partial charge in [-0.15, -0.1) is 0 Å². The number of pyridine rings is 1. The molecular formula is C29H33N7O2. The van der Waals surface area contributed by atoms with Gasteiger partial charge in [-0.05, 0) is 49.8 Å². The van der Waals surface area contributed by atoms with E-state index in [0.717, 1.165) is 42.0 Å². The summed E-state index contributed by atoms with van der Waals surface area (Å²) in [6, 6.07) is 24.0. The third kappa shape index (κ3) is 4.53. The van der Waals surface area contributed by atoms with Gasteiger partial charge in [0, 0.05) is 43.6 Å². The van der Waals surface area contributed by atoms with E-state index in [1.165, 1.54) is 4.90 Å². The number of hydrogen-bond donors (Lipinski definition) is 2. The van der Waals surface area contributed by atoms with E-state index in [0.29, 0.717) is 6.54 Å². The second-order valence-corrected chi connectivity index (χ2v) is 10.4. The Labute approximate surface area is 223 Å². The molecule has 9 nitrogen and oxygen atoms in total. The normalized spacial score (nSPS) is 26.2. The molecule has 4 atom stereocenters. The second-order valence-electron chi connectivity index (χ2n) is 10.4. The number of likely N-dealkylation sites (tertiary alicyclic amines) is 1. The number of carbonyl (C=O) groups is 2. The van der Waals surface area contributed by atoms with Gasteiger partial charge in [0.1, 0.15) is 18.2 Å². The highest BCUT2D eigenvalue weighted by atomic mass is 16.2. The maximum absolute atomic E-state index is 13.6. The predicted octanol–water partition coefficient (Wildman–Crippen LogP) is 3.05. The fraction of sp³-hybridized carbons (Fsp3) is 0.345. The second kappa shape index (κ2) is 10.2. The minimum Gasteiger partial charge on any atom is -0.368 e. The maximum atomic E-state index is 13.6. The van der Waals surface area contributed by atoms with Crippen LogP contribution >= 0.6 is 0 Å². The van der Waals surface area contributed by atoms with Gasteiger partial charge in [-0.3, -0.25) is 14.7 Å². The number of likely N-dealkylation sites (N-methyl/N-ethyl adjacent to an activating group) is 1. The van der Waals surface area contributed by atoms with Gasteiger partial charge in [-0.25, -0.2) is 15.2 Å². The molecule has 3 saturated heterocycles. The molecule has 3 aliphatic heterocycles. The average molecular weight is 512 g/mol. The minimum absolute atomic E-state index is 0.0537. The zero-order valence-electron chi connectivity index (χ0n) is 21.7. The van der Waals surface area contributed by atoms with Crippen molar-refractivity contribution in [3.05, 3.63) is 84.6 Å². The number of carbonyl (C=O) groups excluding carboxylic acids is 2. The lowest BCUT2D eigenvalue weighted by Gasteiger charge is -2.43. The molecule has 0 bridgehead atoms. The summed E-state index contributed by atoms with van der Waals surface area (Å²) in [6.45, 7) is 2.29. The van der Waals surface area contributed by atoms with E-state index in [9.17, 15) is 9.59 Å². The molecule has 3 amide bonds. The largest absolute Gasteiger partial charge is 0.368 e.